The number of benzene rings is 1. The van der Waals surface area contributed by atoms with Gasteiger partial charge in [0.25, 0.3) is 0 Å². The highest BCUT2D eigenvalue weighted by molar-refractivity contribution is 6.35. The molecule has 1 atom stereocenters. The van der Waals surface area contributed by atoms with E-state index in [4.69, 9.17) is 23.2 Å². The summed E-state index contributed by atoms with van der Waals surface area (Å²) in [5.74, 6) is 0. The number of hydrogen-bond donors (Lipinski definition) is 1. The van der Waals surface area contributed by atoms with Crippen molar-refractivity contribution in [3.8, 4) is 0 Å². The van der Waals surface area contributed by atoms with Gasteiger partial charge < -0.3 is 9.88 Å². The quantitative estimate of drug-likeness (QED) is 0.888. The highest BCUT2D eigenvalue weighted by Crippen LogP contribution is 2.35. The Kier molecular flexibility index (Phi) is 4.01. The van der Waals surface area contributed by atoms with Crippen molar-refractivity contribution in [3.63, 3.8) is 0 Å². The Labute approximate surface area is 128 Å². The first-order valence-corrected chi connectivity index (χ1v) is 7.60. The second kappa shape index (κ2) is 5.76. The van der Waals surface area contributed by atoms with Gasteiger partial charge in [0.15, 0.2) is 0 Å². The largest absolute Gasteiger partial charge is 0.330 e. The fourth-order valence-electron chi connectivity index (χ4n) is 2.37. The third-order valence-electron chi connectivity index (χ3n) is 3.70. The van der Waals surface area contributed by atoms with E-state index in [1.165, 1.54) is 18.5 Å². The van der Waals surface area contributed by atoms with Crippen LogP contribution in [-0.4, -0.2) is 9.55 Å². The van der Waals surface area contributed by atoms with Crippen LogP contribution in [0.2, 0.25) is 10.0 Å². The molecule has 3 nitrogen and oxygen atoms in total. The van der Waals surface area contributed by atoms with E-state index in [0.29, 0.717) is 16.1 Å². The van der Waals surface area contributed by atoms with Crippen LogP contribution in [0.3, 0.4) is 0 Å². The van der Waals surface area contributed by atoms with Gasteiger partial charge in [0.1, 0.15) is 0 Å². The molecule has 1 saturated carbocycles. The fraction of sp³-hybridized carbons (Fsp3) is 0.400. The molecule has 1 unspecified atom stereocenters. The van der Waals surface area contributed by atoms with Gasteiger partial charge in [0.05, 0.1) is 12.0 Å². The molecule has 5 heteroatoms. The van der Waals surface area contributed by atoms with Crippen LogP contribution in [0, 0.1) is 0 Å². The maximum Gasteiger partial charge on any atom is 0.0951 e. The predicted octanol–water partition coefficient (Wildman–Crippen LogP) is 4.38. The zero-order chi connectivity index (χ0) is 14.1. The molecule has 2 aromatic rings. The Morgan fingerprint density at radius 2 is 2.20 bits per heavy atom. The summed E-state index contributed by atoms with van der Waals surface area (Å²) < 4.78 is 2.27. The predicted molar refractivity (Wildman–Crippen MR) is 82.2 cm³/mol. The summed E-state index contributed by atoms with van der Waals surface area (Å²) in [7, 11) is 0. The van der Waals surface area contributed by atoms with Gasteiger partial charge in [-0.25, -0.2) is 4.98 Å². The molecule has 1 heterocycles. The molecular weight excluding hydrogens is 293 g/mol. The van der Waals surface area contributed by atoms with Crippen LogP contribution in [0.4, 0.5) is 0 Å². The maximum atomic E-state index is 6.23. The summed E-state index contributed by atoms with van der Waals surface area (Å²) in [6, 6.07) is 6.45. The molecular formula is C15H17Cl2N3. The van der Waals surface area contributed by atoms with E-state index in [2.05, 4.69) is 21.8 Å². The second-order valence-corrected chi connectivity index (χ2v) is 6.14. The number of nitrogens with zero attached hydrogens (tertiary/aromatic N) is 2. The minimum atomic E-state index is 0.169. The lowest BCUT2D eigenvalue weighted by atomic mass is 10.1. The van der Waals surface area contributed by atoms with Gasteiger partial charge in [-0.1, -0.05) is 29.3 Å². The van der Waals surface area contributed by atoms with Crippen LogP contribution in [0.15, 0.2) is 30.7 Å². The minimum Gasteiger partial charge on any atom is -0.330 e. The first kappa shape index (κ1) is 13.9. The van der Waals surface area contributed by atoms with Crippen molar-refractivity contribution in [1.29, 1.82) is 0 Å². The molecule has 1 aromatic carbocycles. The normalized spacial score (nSPS) is 16.4. The van der Waals surface area contributed by atoms with Crippen molar-refractivity contribution < 1.29 is 0 Å². The molecule has 1 N–H and O–H groups in total. The molecule has 0 radical (unpaired) electrons. The van der Waals surface area contributed by atoms with E-state index in [-0.39, 0.29) is 6.04 Å². The Morgan fingerprint density at radius 1 is 1.40 bits per heavy atom. The average Bonchev–Trinajstić information content (AvgIpc) is 3.15. The summed E-state index contributed by atoms with van der Waals surface area (Å²) in [5, 5.41) is 4.86. The van der Waals surface area contributed by atoms with Crippen molar-refractivity contribution in [2.45, 2.75) is 38.4 Å². The summed E-state index contributed by atoms with van der Waals surface area (Å²) in [5.41, 5.74) is 2.29. The Hall–Kier alpha value is -1.03. The molecule has 106 valence electrons. The van der Waals surface area contributed by atoms with Gasteiger partial charge in [0, 0.05) is 34.9 Å². The molecule has 1 fully saturated rings. The zero-order valence-corrected chi connectivity index (χ0v) is 12.8. The molecule has 0 aliphatic heterocycles. The van der Waals surface area contributed by atoms with Gasteiger partial charge in [-0.3, -0.25) is 0 Å². The molecule has 0 saturated heterocycles. The Bertz CT molecular complexity index is 605. The Morgan fingerprint density at radius 3 is 2.90 bits per heavy atom. The summed E-state index contributed by atoms with van der Waals surface area (Å²) >= 11 is 12.2. The Balaban J connectivity index is 1.66. The third-order valence-corrected chi connectivity index (χ3v) is 4.27. The molecule has 20 heavy (non-hydrogen) atoms. The van der Waals surface area contributed by atoms with E-state index in [1.807, 2.05) is 24.7 Å². The van der Waals surface area contributed by atoms with E-state index in [0.717, 1.165) is 12.1 Å². The third kappa shape index (κ3) is 3.00. The van der Waals surface area contributed by atoms with Crippen LogP contribution in [-0.2, 0) is 6.54 Å². The molecule has 0 spiro atoms. The number of rotatable bonds is 5. The van der Waals surface area contributed by atoms with Gasteiger partial charge in [-0.15, -0.1) is 0 Å². The maximum absolute atomic E-state index is 6.23. The minimum absolute atomic E-state index is 0.169. The van der Waals surface area contributed by atoms with Gasteiger partial charge in [-0.2, -0.15) is 0 Å². The van der Waals surface area contributed by atoms with Crippen LogP contribution in [0.5, 0.6) is 0 Å². The van der Waals surface area contributed by atoms with Gasteiger partial charge in [0.2, 0.25) is 0 Å². The smallest absolute Gasteiger partial charge is 0.0951 e. The van der Waals surface area contributed by atoms with Crippen LogP contribution >= 0.6 is 23.2 Å². The molecule has 3 rings (SSSR count). The van der Waals surface area contributed by atoms with Crippen molar-refractivity contribution in [2.24, 2.45) is 0 Å². The van der Waals surface area contributed by atoms with E-state index in [9.17, 15) is 0 Å². The molecule has 1 aliphatic carbocycles. The summed E-state index contributed by atoms with van der Waals surface area (Å²) in [6.07, 6.45) is 6.39. The van der Waals surface area contributed by atoms with Crippen molar-refractivity contribution >= 4 is 23.2 Å². The van der Waals surface area contributed by atoms with Crippen LogP contribution in [0.25, 0.3) is 0 Å². The topological polar surface area (TPSA) is 29.9 Å². The number of imidazole rings is 1. The zero-order valence-electron chi connectivity index (χ0n) is 11.3. The number of aromatic nitrogens is 2. The van der Waals surface area contributed by atoms with Crippen molar-refractivity contribution in [2.75, 3.05) is 0 Å². The highest BCUT2D eigenvalue weighted by atomic mass is 35.5. The lowest BCUT2D eigenvalue weighted by Crippen LogP contribution is -2.20. The van der Waals surface area contributed by atoms with E-state index < -0.39 is 0 Å². The number of halogens is 2. The van der Waals surface area contributed by atoms with Gasteiger partial charge in [-0.05, 0) is 37.5 Å². The number of nitrogens with one attached hydrogen (secondary N) is 1. The summed E-state index contributed by atoms with van der Waals surface area (Å²) in [4.78, 5) is 4.24. The van der Waals surface area contributed by atoms with Crippen LogP contribution in [0.1, 0.15) is 43.1 Å². The van der Waals surface area contributed by atoms with E-state index in [1.54, 1.807) is 6.07 Å². The standard InChI is InChI=1S/C15H17Cl2N3/c1-10(14-5-2-11(16)6-15(14)17)19-8-13-7-18-9-20(13)12-3-4-12/h2,5-7,9-10,12,19H,3-4,8H2,1H3. The lowest BCUT2D eigenvalue weighted by Gasteiger charge is -2.16. The molecule has 1 aromatic heterocycles. The molecule has 1 aliphatic rings. The summed E-state index contributed by atoms with van der Waals surface area (Å²) in [6.45, 7) is 2.89. The number of hydrogen-bond acceptors (Lipinski definition) is 2. The lowest BCUT2D eigenvalue weighted by molar-refractivity contribution is 0.547. The monoisotopic (exact) mass is 309 g/mol. The van der Waals surface area contributed by atoms with E-state index >= 15 is 0 Å². The van der Waals surface area contributed by atoms with Gasteiger partial charge >= 0.3 is 0 Å². The fourth-order valence-corrected chi connectivity index (χ4v) is 2.94. The first-order chi connectivity index (χ1) is 9.65. The SMILES string of the molecule is CC(NCc1cncn1C1CC1)c1ccc(Cl)cc1Cl. The highest BCUT2D eigenvalue weighted by Gasteiger charge is 2.25. The second-order valence-electron chi connectivity index (χ2n) is 5.29. The van der Waals surface area contributed by atoms with Crippen molar-refractivity contribution in [3.05, 3.63) is 52.0 Å². The molecule has 0 amide bonds. The average molecular weight is 310 g/mol. The first-order valence-electron chi connectivity index (χ1n) is 6.84. The van der Waals surface area contributed by atoms with Crippen molar-refractivity contribution in [1.82, 2.24) is 14.9 Å². The van der Waals surface area contributed by atoms with Crippen LogP contribution < -0.4 is 5.32 Å². The molecule has 0 bridgehead atoms.